The van der Waals surface area contributed by atoms with Gasteiger partial charge >= 0.3 is 0 Å². The van der Waals surface area contributed by atoms with Crippen LogP contribution in [-0.4, -0.2) is 68.8 Å². The van der Waals surface area contributed by atoms with Gasteiger partial charge in [0.2, 0.25) is 0 Å². The van der Waals surface area contributed by atoms with Gasteiger partial charge in [0.25, 0.3) is 0 Å². The fourth-order valence-corrected chi connectivity index (χ4v) is 2.35. The molecule has 0 bridgehead atoms. The maximum atomic E-state index is 10.6. The van der Waals surface area contributed by atoms with Crippen molar-refractivity contribution in [3.05, 3.63) is 29.8 Å². The van der Waals surface area contributed by atoms with Crippen LogP contribution in [-0.2, 0) is 4.74 Å². The van der Waals surface area contributed by atoms with Crippen molar-refractivity contribution >= 4 is 12.0 Å². The van der Waals surface area contributed by atoms with Gasteiger partial charge in [-0.05, 0) is 24.3 Å². The van der Waals surface area contributed by atoms with E-state index in [1.165, 1.54) is 5.69 Å². The van der Waals surface area contributed by atoms with Gasteiger partial charge < -0.3 is 14.7 Å². The molecule has 0 spiro atoms. The molecular weight excluding hydrogens is 256 g/mol. The summed E-state index contributed by atoms with van der Waals surface area (Å²) in [5, 5.41) is 8.63. The Hall–Kier alpha value is -1.43. The average molecular weight is 278 g/mol. The van der Waals surface area contributed by atoms with Crippen molar-refractivity contribution < 1.29 is 14.6 Å². The van der Waals surface area contributed by atoms with Crippen molar-refractivity contribution in [1.29, 1.82) is 0 Å². The number of aldehydes is 1. The van der Waals surface area contributed by atoms with Crippen LogP contribution in [0.2, 0.25) is 0 Å². The molecule has 20 heavy (non-hydrogen) atoms. The molecule has 0 aliphatic carbocycles. The topological polar surface area (TPSA) is 53.0 Å². The van der Waals surface area contributed by atoms with E-state index in [1.807, 2.05) is 24.3 Å². The van der Waals surface area contributed by atoms with Crippen molar-refractivity contribution in [2.75, 3.05) is 57.4 Å². The molecule has 1 aliphatic heterocycles. The Bertz CT molecular complexity index is 400. The first-order valence-electron chi connectivity index (χ1n) is 7.04. The molecule has 1 fully saturated rings. The van der Waals surface area contributed by atoms with E-state index in [4.69, 9.17) is 9.84 Å². The van der Waals surface area contributed by atoms with E-state index in [0.717, 1.165) is 39.0 Å². The molecule has 0 radical (unpaired) electrons. The molecule has 0 saturated carbocycles. The molecule has 0 atom stereocenters. The summed E-state index contributed by atoms with van der Waals surface area (Å²) in [5.74, 6) is 0. The molecule has 1 N–H and O–H groups in total. The van der Waals surface area contributed by atoms with Crippen molar-refractivity contribution in [2.45, 2.75) is 0 Å². The molecular formula is C15H22N2O3. The predicted molar refractivity (Wildman–Crippen MR) is 78.4 cm³/mol. The summed E-state index contributed by atoms with van der Waals surface area (Å²) >= 11 is 0. The highest BCUT2D eigenvalue weighted by Crippen LogP contribution is 2.16. The van der Waals surface area contributed by atoms with E-state index in [-0.39, 0.29) is 6.61 Å². The van der Waals surface area contributed by atoms with Gasteiger partial charge in [0, 0.05) is 44.0 Å². The van der Waals surface area contributed by atoms with E-state index in [0.29, 0.717) is 18.8 Å². The largest absolute Gasteiger partial charge is 0.394 e. The number of carbonyl (C=O) groups excluding carboxylic acids is 1. The lowest BCUT2D eigenvalue weighted by atomic mass is 10.2. The van der Waals surface area contributed by atoms with Crippen LogP contribution in [0, 0.1) is 0 Å². The second-order valence-corrected chi connectivity index (χ2v) is 4.87. The quantitative estimate of drug-likeness (QED) is 0.585. The lowest BCUT2D eigenvalue weighted by Gasteiger charge is -2.36. The van der Waals surface area contributed by atoms with Gasteiger partial charge in [0.15, 0.2) is 0 Å². The molecule has 1 aromatic rings. The molecule has 110 valence electrons. The van der Waals surface area contributed by atoms with Crippen LogP contribution in [0.1, 0.15) is 10.4 Å². The zero-order valence-corrected chi connectivity index (χ0v) is 11.7. The number of benzene rings is 1. The number of anilines is 1. The van der Waals surface area contributed by atoms with Crippen molar-refractivity contribution in [2.24, 2.45) is 0 Å². The Morgan fingerprint density at radius 2 is 1.80 bits per heavy atom. The molecule has 1 saturated heterocycles. The molecule has 1 aliphatic rings. The van der Waals surface area contributed by atoms with Crippen LogP contribution >= 0.6 is 0 Å². The number of ether oxygens (including phenoxy) is 1. The zero-order chi connectivity index (χ0) is 14.2. The summed E-state index contributed by atoms with van der Waals surface area (Å²) in [6.45, 7) is 6.09. The minimum Gasteiger partial charge on any atom is -0.394 e. The lowest BCUT2D eigenvalue weighted by Crippen LogP contribution is -2.47. The average Bonchev–Trinajstić information content (AvgIpc) is 2.52. The standard InChI is InChI=1S/C15H22N2O3/c18-10-12-20-11-9-16-5-7-17(8-6-16)15-3-1-14(13-19)2-4-15/h1-4,13,18H,5-12H2. The highest BCUT2D eigenvalue weighted by molar-refractivity contribution is 5.75. The molecule has 0 aromatic heterocycles. The van der Waals surface area contributed by atoms with Crippen LogP contribution in [0.4, 0.5) is 5.69 Å². The lowest BCUT2D eigenvalue weighted by molar-refractivity contribution is 0.0724. The van der Waals surface area contributed by atoms with Gasteiger partial charge in [-0.1, -0.05) is 0 Å². The number of hydrogen-bond acceptors (Lipinski definition) is 5. The Kier molecular flexibility index (Phi) is 5.98. The second kappa shape index (κ2) is 7.99. The summed E-state index contributed by atoms with van der Waals surface area (Å²) in [5.41, 5.74) is 1.89. The van der Waals surface area contributed by atoms with E-state index in [2.05, 4.69) is 9.80 Å². The van der Waals surface area contributed by atoms with Gasteiger partial charge in [-0.3, -0.25) is 9.69 Å². The second-order valence-electron chi connectivity index (χ2n) is 4.87. The van der Waals surface area contributed by atoms with Gasteiger partial charge in [-0.25, -0.2) is 0 Å². The van der Waals surface area contributed by atoms with Crippen molar-refractivity contribution in [1.82, 2.24) is 4.90 Å². The minimum atomic E-state index is 0.0879. The van der Waals surface area contributed by atoms with Gasteiger partial charge in [-0.15, -0.1) is 0 Å². The van der Waals surface area contributed by atoms with Gasteiger partial charge in [-0.2, -0.15) is 0 Å². The first kappa shape index (κ1) is 15.0. The maximum Gasteiger partial charge on any atom is 0.150 e. The van der Waals surface area contributed by atoms with Gasteiger partial charge in [0.05, 0.1) is 19.8 Å². The fraction of sp³-hybridized carbons (Fsp3) is 0.533. The van der Waals surface area contributed by atoms with Crippen LogP contribution in [0.3, 0.4) is 0 Å². The van der Waals surface area contributed by atoms with Crippen LogP contribution in [0.15, 0.2) is 24.3 Å². The van der Waals surface area contributed by atoms with Crippen LogP contribution < -0.4 is 4.90 Å². The maximum absolute atomic E-state index is 10.6. The highest BCUT2D eigenvalue weighted by atomic mass is 16.5. The SMILES string of the molecule is O=Cc1ccc(N2CCN(CCOCCO)CC2)cc1. The van der Waals surface area contributed by atoms with Crippen molar-refractivity contribution in [3.63, 3.8) is 0 Å². The Morgan fingerprint density at radius 3 is 2.40 bits per heavy atom. The van der Waals surface area contributed by atoms with Crippen LogP contribution in [0.5, 0.6) is 0 Å². The Labute approximate surface area is 119 Å². The first-order chi connectivity index (χ1) is 9.83. The van der Waals surface area contributed by atoms with E-state index in [1.54, 1.807) is 0 Å². The highest BCUT2D eigenvalue weighted by Gasteiger charge is 2.16. The molecule has 5 heteroatoms. The fourth-order valence-electron chi connectivity index (χ4n) is 2.35. The smallest absolute Gasteiger partial charge is 0.150 e. The number of nitrogens with zero attached hydrogens (tertiary/aromatic N) is 2. The zero-order valence-electron chi connectivity index (χ0n) is 11.7. The normalized spacial score (nSPS) is 16.4. The summed E-state index contributed by atoms with van der Waals surface area (Å²) in [7, 11) is 0. The Balaban J connectivity index is 1.74. The first-order valence-corrected chi connectivity index (χ1v) is 7.04. The van der Waals surface area contributed by atoms with E-state index >= 15 is 0 Å². The molecule has 0 unspecified atom stereocenters. The van der Waals surface area contributed by atoms with E-state index in [9.17, 15) is 4.79 Å². The van der Waals surface area contributed by atoms with Crippen molar-refractivity contribution in [3.8, 4) is 0 Å². The number of rotatable bonds is 7. The number of aliphatic hydroxyl groups is 1. The summed E-state index contributed by atoms with van der Waals surface area (Å²) in [6, 6.07) is 7.72. The molecule has 5 nitrogen and oxygen atoms in total. The summed E-state index contributed by atoms with van der Waals surface area (Å²) in [6.07, 6.45) is 0.869. The molecule has 2 rings (SSSR count). The number of piperazine rings is 1. The van der Waals surface area contributed by atoms with Crippen LogP contribution in [0.25, 0.3) is 0 Å². The molecule has 0 amide bonds. The number of aliphatic hydroxyl groups excluding tert-OH is 1. The third kappa shape index (κ3) is 4.30. The number of hydrogen-bond donors (Lipinski definition) is 1. The van der Waals surface area contributed by atoms with E-state index < -0.39 is 0 Å². The Morgan fingerprint density at radius 1 is 1.10 bits per heavy atom. The minimum absolute atomic E-state index is 0.0879. The monoisotopic (exact) mass is 278 g/mol. The summed E-state index contributed by atoms with van der Waals surface area (Å²) < 4.78 is 5.28. The number of carbonyl (C=O) groups is 1. The predicted octanol–water partition coefficient (Wildman–Crippen LogP) is 0.630. The third-order valence-electron chi connectivity index (χ3n) is 3.55. The molecule has 1 aromatic carbocycles. The van der Waals surface area contributed by atoms with Gasteiger partial charge in [0.1, 0.15) is 6.29 Å². The molecule has 1 heterocycles. The summed E-state index contributed by atoms with van der Waals surface area (Å²) in [4.78, 5) is 15.3. The third-order valence-corrected chi connectivity index (χ3v) is 3.55.